The van der Waals surface area contributed by atoms with Crippen LogP contribution in [0.15, 0.2) is 47.8 Å². The topological polar surface area (TPSA) is 60.5 Å². The second-order valence-electron chi connectivity index (χ2n) is 9.29. The summed E-state index contributed by atoms with van der Waals surface area (Å²) in [5.74, 6) is 2.75. The summed E-state index contributed by atoms with van der Waals surface area (Å²) in [5.41, 5.74) is 2.41. The summed E-state index contributed by atoms with van der Waals surface area (Å²) in [7, 11) is 0. The van der Waals surface area contributed by atoms with Crippen molar-refractivity contribution in [1.82, 2.24) is 15.2 Å². The maximum absolute atomic E-state index is 14.8. The molecule has 2 fully saturated rings. The molecule has 9 heteroatoms. The summed E-state index contributed by atoms with van der Waals surface area (Å²) in [6.07, 6.45) is 5.89. The van der Waals surface area contributed by atoms with Gasteiger partial charge in [-0.25, -0.2) is 14.2 Å². The molecular weight excluding hydrogens is 497 g/mol. The fourth-order valence-corrected chi connectivity index (χ4v) is 5.55. The van der Waals surface area contributed by atoms with Gasteiger partial charge >= 0.3 is 6.03 Å². The van der Waals surface area contributed by atoms with Crippen molar-refractivity contribution in [1.29, 1.82) is 0 Å². The molecular formula is C27H27ClFN5OS. The largest absolute Gasteiger partial charge is 0.367 e. The van der Waals surface area contributed by atoms with Gasteiger partial charge in [0.25, 0.3) is 0 Å². The molecule has 2 aliphatic heterocycles. The van der Waals surface area contributed by atoms with Crippen LogP contribution in [0.25, 0.3) is 0 Å². The van der Waals surface area contributed by atoms with E-state index in [1.165, 1.54) is 11.3 Å². The Balaban J connectivity index is 1.19. The number of terminal acetylenes is 1. The number of carbonyl (C=O) groups is 1. The number of thiazole rings is 1. The van der Waals surface area contributed by atoms with Gasteiger partial charge in [-0.05, 0) is 42.3 Å². The van der Waals surface area contributed by atoms with Crippen molar-refractivity contribution < 1.29 is 9.18 Å². The van der Waals surface area contributed by atoms with Gasteiger partial charge in [-0.2, -0.15) is 0 Å². The Kier molecular flexibility index (Phi) is 6.89. The van der Waals surface area contributed by atoms with Crippen LogP contribution in [-0.2, 0) is 5.41 Å². The number of aromatic nitrogens is 1. The van der Waals surface area contributed by atoms with Crippen molar-refractivity contribution in [2.45, 2.75) is 18.3 Å². The molecule has 0 bridgehead atoms. The fraction of sp³-hybridized carbons (Fsp3) is 0.333. The number of nitrogens with one attached hydrogen (secondary N) is 2. The normalized spacial score (nSPS) is 17.7. The monoisotopic (exact) mass is 523 g/mol. The summed E-state index contributed by atoms with van der Waals surface area (Å²) in [4.78, 5) is 21.1. The molecule has 0 saturated carbocycles. The van der Waals surface area contributed by atoms with Crippen molar-refractivity contribution in [3.05, 3.63) is 75.5 Å². The van der Waals surface area contributed by atoms with Crippen molar-refractivity contribution in [2.75, 3.05) is 49.5 Å². The van der Waals surface area contributed by atoms with Crippen LogP contribution in [0.4, 0.5) is 20.0 Å². The Labute approximate surface area is 219 Å². The number of rotatable bonds is 5. The van der Waals surface area contributed by atoms with Crippen molar-refractivity contribution >= 4 is 39.8 Å². The molecule has 2 aliphatic rings. The highest BCUT2D eigenvalue weighted by Crippen LogP contribution is 2.35. The second-order valence-corrected chi connectivity index (χ2v) is 10.6. The molecule has 0 radical (unpaired) electrons. The van der Waals surface area contributed by atoms with Crippen LogP contribution in [0, 0.1) is 18.2 Å². The number of benzene rings is 2. The average Bonchev–Trinajstić information content (AvgIpc) is 3.33. The smallest absolute Gasteiger partial charge is 0.323 e. The van der Waals surface area contributed by atoms with Crippen molar-refractivity contribution in [3.63, 3.8) is 0 Å². The van der Waals surface area contributed by atoms with E-state index in [0.29, 0.717) is 34.6 Å². The predicted octanol–water partition coefficient (Wildman–Crippen LogP) is 4.92. The summed E-state index contributed by atoms with van der Waals surface area (Å²) in [6.45, 7) is 6.30. The number of anilines is 2. The number of piperazine rings is 1. The molecule has 186 valence electrons. The van der Waals surface area contributed by atoms with Gasteiger partial charge in [0.15, 0.2) is 5.13 Å². The van der Waals surface area contributed by atoms with Gasteiger partial charge in [-0.15, -0.1) is 17.8 Å². The van der Waals surface area contributed by atoms with Crippen molar-refractivity contribution in [2.24, 2.45) is 0 Å². The summed E-state index contributed by atoms with van der Waals surface area (Å²) in [5, 5.41) is 9.14. The third-order valence-electron chi connectivity index (χ3n) is 7.01. The first kappa shape index (κ1) is 24.6. The van der Waals surface area contributed by atoms with Crippen LogP contribution in [0.2, 0.25) is 5.02 Å². The molecule has 2 N–H and O–H groups in total. The van der Waals surface area contributed by atoms with Gasteiger partial charge in [-0.3, -0.25) is 5.32 Å². The maximum Gasteiger partial charge on any atom is 0.323 e. The molecule has 0 unspecified atom stereocenters. The number of likely N-dealkylation sites (tertiary alicyclic amines) is 1. The number of carbonyl (C=O) groups excluding carboxylic acids is 1. The molecule has 3 heterocycles. The lowest BCUT2D eigenvalue weighted by Gasteiger charge is -2.39. The maximum atomic E-state index is 14.8. The predicted molar refractivity (Wildman–Crippen MR) is 144 cm³/mol. The van der Waals surface area contributed by atoms with Crippen LogP contribution in [0.3, 0.4) is 0 Å². The van der Waals surface area contributed by atoms with Gasteiger partial charge < -0.3 is 15.1 Å². The van der Waals surface area contributed by atoms with E-state index in [2.05, 4.69) is 26.4 Å². The van der Waals surface area contributed by atoms with E-state index < -0.39 is 5.41 Å². The third kappa shape index (κ3) is 4.79. The molecule has 0 aliphatic carbocycles. The van der Waals surface area contributed by atoms with Gasteiger partial charge in [0.2, 0.25) is 0 Å². The first-order chi connectivity index (χ1) is 17.4. The second kappa shape index (κ2) is 10.1. The minimum atomic E-state index is -0.743. The number of hydrogen-bond acceptors (Lipinski definition) is 5. The minimum absolute atomic E-state index is 0.115. The lowest BCUT2D eigenvalue weighted by molar-refractivity contribution is 0.164. The van der Waals surface area contributed by atoms with E-state index in [1.807, 2.05) is 36.6 Å². The summed E-state index contributed by atoms with van der Waals surface area (Å²) >= 11 is 7.35. The first-order valence-corrected chi connectivity index (χ1v) is 13.1. The van der Waals surface area contributed by atoms with Gasteiger partial charge in [-0.1, -0.05) is 35.7 Å². The number of urea groups is 1. The van der Waals surface area contributed by atoms with E-state index in [1.54, 1.807) is 23.1 Å². The van der Waals surface area contributed by atoms with Crippen LogP contribution in [-0.4, -0.2) is 55.2 Å². The number of halogens is 2. The minimum Gasteiger partial charge on any atom is -0.367 e. The molecule has 2 aromatic carbocycles. The van der Waals surface area contributed by atoms with Gasteiger partial charge in [0, 0.05) is 55.6 Å². The van der Waals surface area contributed by atoms with Crippen LogP contribution in [0.1, 0.15) is 29.7 Å². The third-order valence-corrected chi connectivity index (χ3v) is 8.02. The molecule has 2 amide bonds. The van der Waals surface area contributed by atoms with E-state index in [0.717, 1.165) is 37.3 Å². The lowest BCUT2D eigenvalue weighted by Crippen LogP contribution is -2.50. The molecule has 2 saturated heterocycles. The molecule has 0 spiro atoms. The zero-order valence-electron chi connectivity index (χ0n) is 19.9. The van der Waals surface area contributed by atoms with E-state index in [-0.39, 0.29) is 17.8 Å². The fourth-order valence-electron chi connectivity index (χ4n) is 4.61. The van der Waals surface area contributed by atoms with Crippen LogP contribution >= 0.6 is 22.9 Å². The summed E-state index contributed by atoms with van der Waals surface area (Å²) < 4.78 is 14.8. The Morgan fingerprint density at radius 2 is 1.97 bits per heavy atom. The van der Waals surface area contributed by atoms with Crippen molar-refractivity contribution in [3.8, 4) is 12.3 Å². The highest BCUT2D eigenvalue weighted by Gasteiger charge is 2.34. The van der Waals surface area contributed by atoms with E-state index in [9.17, 15) is 9.18 Å². The molecule has 5 rings (SSSR count). The van der Waals surface area contributed by atoms with Crippen LogP contribution in [0.5, 0.6) is 0 Å². The lowest BCUT2D eigenvalue weighted by atomic mass is 9.81. The van der Waals surface area contributed by atoms with Gasteiger partial charge in [0.1, 0.15) is 5.82 Å². The Bertz CT molecular complexity index is 1290. The zero-order valence-corrected chi connectivity index (χ0v) is 21.5. The van der Waals surface area contributed by atoms with E-state index >= 15 is 0 Å². The Morgan fingerprint density at radius 3 is 2.64 bits per heavy atom. The van der Waals surface area contributed by atoms with E-state index in [4.69, 9.17) is 18.0 Å². The molecule has 6 nitrogen and oxygen atoms in total. The SMILES string of the molecule is C#C[C@@](C)(c1ccc(Cl)cc1)c1csc(NC(=O)N2CC(c3ccc(N4CCNCC4)c(F)c3)C2)n1. The average molecular weight is 524 g/mol. The Hall–Kier alpha value is -3.12. The summed E-state index contributed by atoms with van der Waals surface area (Å²) in [6, 6.07) is 12.6. The highest BCUT2D eigenvalue weighted by molar-refractivity contribution is 7.14. The quantitative estimate of drug-likeness (QED) is 0.466. The molecule has 36 heavy (non-hydrogen) atoms. The number of amides is 2. The van der Waals surface area contributed by atoms with Crippen LogP contribution < -0.4 is 15.5 Å². The number of nitrogens with zero attached hydrogens (tertiary/aromatic N) is 3. The number of hydrogen-bond donors (Lipinski definition) is 2. The molecule has 1 atom stereocenters. The highest BCUT2D eigenvalue weighted by atomic mass is 35.5. The first-order valence-electron chi connectivity index (χ1n) is 11.9. The van der Waals surface area contributed by atoms with Gasteiger partial charge in [0.05, 0.1) is 16.8 Å². The molecule has 1 aromatic heterocycles. The Morgan fingerprint density at radius 1 is 1.25 bits per heavy atom. The standard InChI is InChI=1S/C27H27ClFN5OS/c1-3-27(2,20-5-7-21(28)8-6-20)24-17-36-25(31-24)32-26(35)34-15-19(16-34)18-4-9-23(22(29)14-18)33-12-10-30-11-13-33/h1,4-9,14,17,19,30H,10-13,15-16H2,2H3,(H,31,32,35)/t27-/m0/s1. The zero-order chi connectivity index (χ0) is 25.3. The molecule has 3 aromatic rings.